The summed E-state index contributed by atoms with van der Waals surface area (Å²) in [6, 6.07) is 0. The molecule has 2 atom stereocenters. The van der Waals surface area contributed by atoms with Gasteiger partial charge in [-0.25, -0.2) is 0 Å². The Labute approximate surface area is 104 Å². The Morgan fingerprint density at radius 1 is 1.24 bits per heavy atom. The quantitative estimate of drug-likeness (QED) is 0.760. The standard InChI is InChI=1S/C13H24N2O2/c1-5-15(6-2)13(17)11-7-10(11)12(16)14-8-9(3)4/h9-11H,5-8H2,1-4H3,(H,14,16). The molecule has 4 nitrogen and oxygen atoms in total. The summed E-state index contributed by atoms with van der Waals surface area (Å²) < 4.78 is 0. The molecule has 0 radical (unpaired) electrons. The molecule has 0 aromatic carbocycles. The maximum atomic E-state index is 12.0. The lowest BCUT2D eigenvalue weighted by atomic mass is 10.2. The normalized spacial score (nSPS) is 22.4. The number of rotatable bonds is 6. The molecule has 0 saturated heterocycles. The molecule has 1 N–H and O–H groups in total. The van der Waals surface area contributed by atoms with E-state index in [0.717, 1.165) is 19.5 Å². The molecule has 1 aliphatic carbocycles. The molecule has 1 aliphatic rings. The van der Waals surface area contributed by atoms with Crippen LogP contribution in [0.25, 0.3) is 0 Å². The van der Waals surface area contributed by atoms with Crippen molar-refractivity contribution in [3.63, 3.8) is 0 Å². The molecule has 1 rings (SSSR count). The Morgan fingerprint density at radius 3 is 2.29 bits per heavy atom. The molecule has 2 unspecified atom stereocenters. The Kier molecular flexibility index (Phi) is 4.97. The van der Waals surface area contributed by atoms with E-state index in [-0.39, 0.29) is 23.7 Å². The average Bonchev–Trinajstić information content (AvgIpc) is 3.07. The van der Waals surface area contributed by atoms with Crippen molar-refractivity contribution in [2.45, 2.75) is 34.1 Å². The summed E-state index contributed by atoms with van der Waals surface area (Å²) in [7, 11) is 0. The van der Waals surface area contributed by atoms with Crippen LogP contribution in [0.5, 0.6) is 0 Å². The Hall–Kier alpha value is -1.06. The average molecular weight is 240 g/mol. The van der Waals surface area contributed by atoms with Gasteiger partial charge in [-0.1, -0.05) is 13.8 Å². The van der Waals surface area contributed by atoms with Crippen molar-refractivity contribution in [2.24, 2.45) is 17.8 Å². The number of carbonyl (C=O) groups is 2. The first-order valence-electron chi connectivity index (χ1n) is 6.57. The summed E-state index contributed by atoms with van der Waals surface area (Å²) in [5.41, 5.74) is 0. The van der Waals surface area contributed by atoms with Crippen molar-refractivity contribution in [3.8, 4) is 0 Å². The molecule has 0 heterocycles. The number of carbonyl (C=O) groups excluding carboxylic acids is 2. The number of hydrogen-bond donors (Lipinski definition) is 1. The highest BCUT2D eigenvalue weighted by atomic mass is 16.2. The third-order valence-electron chi connectivity index (χ3n) is 3.20. The Bertz CT molecular complexity index is 285. The topological polar surface area (TPSA) is 49.4 Å². The van der Waals surface area contributed by atoms with E-state index in [0.29, 0.717) is 12.5 Å². The van der Waals surface area contributed by atoms with E-state index in [2.05, 4.69) is 19.2 Å². The zero-order valence-corrected chi connectivity index (χ0v) is 11.3. The highest BCUT2D eigenvalue weighted by Crippen LogP contribution is 2.40. The summed E-state index contributed by atoms with van der Waals surface area (Å²) >= 11 is 0. The molecule has 98 valence electrons. The molecular formula is C13H24N2O2. The third-order valence-corrected chi connectivity index (χ3v) is 3.20. The van der Waals surface area contributed by atoms with Gasteiger partial charge in [-0.2, -0.15) is 0 Å². The van der Waals surface area contributed by atoms with Gasteiger partial charge in [-0.3, -0.25) is 9.59 Å². The fourth-order valence-electron chi connectivity index (χ4n) is 1.96. The summed E-state index contributed by atoms with van der Waals surface area (Å²) in [4.78, 5) is 25.5. The summed E-state index contributed by atoms with van der Waals surface area (Å²) in [5.74, 6) is 0.488. The van der Waals surface area contributed by atoms with Gasteiger partial charge in [0.05, 0.1) is 11.8 Å². The molecule has 2 amide bonds. The van der Waals surface area contributed by atoms with Crippen molar-refractivity contribution in [3.05, 3.63) is 0 Å². The molecule has 17 heavy (non-hydrogen) atoms. The number of amides is 2. The van der Waals surface area contributed by atoms with E-state index in [1.807, 2.05) is 13.8 Å². The largest absolute Gasteiger partial charge is 0.356 e. The fourth-order valence-corrected chi connectivity index (χ4v) is 1.96. The lowest BCUT2D eigenvalue weighted by Crippen LogP contribution is -2.34. The van der Waals surface area contributed by atoms with Crippen molar-refractivity contribution >= 4 is 11.8 Å². The van der Waals surface area contributed by atoms with Crippen LogP contribution in [0.1, 0.15) is 34.1 Å². The first-order chi connectivity index (χ1) is 8.01. The van der Waals surface area contributed by atoms with Crippen molar-refractivity contribution in [1.29, 1.82) is 0 Å². The minimum atomic E-state index is -0.0816. The Morgan fingerprint density at radius 2 is 1.82 bits per heavy atom. The van der Waals surface area contributed by atoms with Crippen LogP contribution in [0.4, 0.5) is 0 Å². The second-order valence-corrected chi connectivity index (χ2v) is 5.10. The highest BCUT2D eigenvalue weighted by molar-refractivity contribution is 5.92. The summed E-state index contributed by atoms with van der Waals surface area (Å²) in [6.45, 7) is 10.2. The zero-order valence-electron chi connectivity index (χ0n) is 11.3. The van der Waals surface area contributed by atoms with Crippen LogP contribution in [0.15, 0.2) is 0 Å². The predicted octanol–water partition coefficient (Wildman–Crippen LogP) is 1.26. The number of nitrogens with one attached hydrogen (secondary N) is 1. The van der Waals surface area contributed by atoms with Gasteiger partial charge in [-0.15, -0.1) is 0 Å². The maximum absolute atomic E-state index is 12.0. The maximum Gasteiger partial charge on any atom is 0.226 e. The van der Waals surface area contributed by atoms with Crippen LogP contribution < -0.4 is 5.32 Å². The van der Waals surface area contributed by atoms with Gasteiger partial charge in [0.15, 0.2) is 0 Å². The van der Waals surface area contributed by atoms with E-state index in [4.69, 9.17) is 0 Å². The van der Waals surface area contributed by atoms with E-state index >= 15 is 0 Å². The number of hydrogen-bond acceptors (Lipinski definition) is 2. The fraction of sp³-hybridized carbons (Fsp3) is 0.846. The second-order valence-electron chi connectivity index (χ2n) is 5.10. The number of nitrogens with zero attached hydrogens (tertiary/aromatic N) is 1. The van der Waals surface area contributed by atoms with E-state index in [1.54, 1.807) is 4.90 Å². The van der Waals surface area contributed by atoms with Gasteiger partial charge in [-0.05, 0) is 26.2 Å². The van der Waals surface area contributed by atoms with Gasteiger partial charge >= 0.3 is 0 Å². The SMILES string of the molecule is CCN(CC)C(=O)C1CC1C(=O)NCC(C)C. The molecule has 0 aliphatic heterocycles. The van der Waals surface area contributed by atoms with Crippen LogP contribution in [0.2, 0.25) is 0 Å². The van der Waals surface area contributed by atoms with Crippen LogP contribution >= 0.6 is 0 Å². The lowest BCUT2D eigenvalue weighted by Gasteiger charge is -2.18. The smallest absolute Gasteiger partial charge is 0.226 e. The molecule has 0 aromatic heterocycles. The molecule has 1 fully saturated rings. The minimum absolute atomic E-state index is 0.0456. The van der Waals surface area contributed by atoms with Crippen molar-refractivity contribution in [1.82, 2.24) is 10.2 Å². The van der Waals surface area contributed by atoms with Gasteiger partial charge < -0.3 is 10.2 Å². The van der Waals surface area contributed by atoms with Gasteiger partial charge in [0.1, 0.15) is 0 Å². The lowest BCUT2D eigenvalue weighted by molar-refractivity contribution is -0.134. The molecular weight excluding hydrogens is 216 g/mol. The van der Waals surface area contributed by atoms with Gasteiger partial charge in [0.2, 0.25) is 11.8 Å². The molecule has 0 bridgehead atoms. The summed E-state index contributed by atoms with van der Waals surface area (Å²) in [5, 5.41) is 2.89. The molecule has 0 spiro atoms. The zero-order chi connectivity index (χ0) is 13.0. The molecule has 4 heteroatoms. The van der Waals surface area contributed by atoms with Gasteiger partial charge in [0, 0.05) is 19.6 Å². The first-order valence-corrected chi connectivity index (χ1v) is 6.57. The van der Waals surface area contributed by atoms with E-state index in [1.165, 1.54) is 0 Å². The molecule has 1 saturated carbocycles. The van der Waals surface area contributed by atoms with E-state index < -0.39 is 0 Å². The minimum Gasteiger partial charge on any atom is -0.356 e. The van der Waals surface area contributed by atoms with Gasteiger partial charge in [0.25, 0.3) is 0 Å². The second kappa shape index (κ2) is 6.03. The van der Waals surface area contributed by atoms with Crippen LogP contribution in [0.3, 0.4) is 0 Å². The summed E-state index contributed by atoms with van der Waals surface area (Å²) in [6.07, 6.45) is 0.721. The van der Waals surface area contributed by atoms with Crippen LogP contribution in [-0.2, 0) is 9.59 Å². The predicted molar refractivity (Wildman–Crippen MR) is 67.4 cm³/mol. The monoisotopic (exact) mass is 240 g/mol. The van der Waals surface area contributed by atoms with Crippen LogP contribution in [-0.4, -0.2) is 36.3 Å². The van der Waals surface area contributed by atoms with Crippen molar-refractivity contribution in [2.75, 3.05) is 19.6 Å². The molecule has 0 aromatic rings. The van der Waals surface area contributed by atoms with Crippen molar-refractivity contribution < 1.29 is 9.59 Å². The Balaban J connectivity index is 2.37. The van der Waals surface area contributed by atoms with Crippen LogP contribution in [0, 0.1) is 17.8 Å². The third kappa shape index (κ3) is 3.72. The first kappa shape index (κ1) is 14.0. The van der Waals surface area contributed by atoms with E-state index in [9.17, 15) is 9.59 Å². The highest BCUT2D eigenvalue weighted by Gasteiger charge is 2.48.